The molecule has 0 radical (unpaired) electrons. The zero-order chi connectivity index (χ0) is 13.3. The Kier molecular flexibility index (Phi) is 3.12. The Morgan fingerprint density at radius 2 is 2.17 bits per heavy atom. The number of carbonyl (C=O) groups is 1. The highest BCUT2D eigenvalue weighted by molar-refractivity contribution is 5.90. The van der Waals surface area contributed by atoms with Crippen molar-refractivity contribution in [2.24, 2.45) is 11.5 Å². The molecule has 1 atom stereocenters. The van der Waals surface area contributed by atoms with Gasteiger partial charge in [0, 0.05) is 17.8 Å². The van der Waals surface area contributed by atoms with Gasteiger partial charge in [0.25, 0.3) is 5.91 Å². The van der Waals surface area contributed by atoms with Crippen LogP contribution >= 0.6 is 0 Å². The Morgan fingerprint density at radius 1 is 1.44 bits per heavy atom. The summed E-state index contributed by atoms with van der Waals surface area (Å²) in [4.78, 5) is 11.0. The summed E-state index contributed by atoms with van der Waals surface area (Å²) in [6.07, 6.45) is 1.54. The van der Waals surface area contributed by atoms with E-state index in [1.54, 1.807) is 25.3 Å². The summed E-state index contributed by atoms with van der Waals surface area (Å²) in [5.74, 6) is -1.04. The lowest BCUT2D eigenvalue weighted by Crippen LogP contribution is -2.14. The smallest absolute Gasteiger partial charge is 0.269 e. The SMILES string of the molecule is CC(N)c1c(F)cccc1-n1ccc(C(N)=O)n1. The average molecular weight is 248 g/mol. The summed E-state index contributed by atoms with van der Waals surface area (Å²) in [6.45, 7) is 1.68. The van der Waals surface area contributed by atoms with Gasteiger partial charge >= 0.3 is 0 Å². The number of nitrogens with zero attached hydrogens (tertiary/aromatic N) is 2. The maximum Gasteiger partial charge on any atom is 0.269 e. The summed E-state index contributed by atoms with van der Waals surface area (Å²) in [6, 6.07) is 5.56. The monoisotopic (exact) mass is 248 g/mol. The van der Waals surface area contributed by atoms with Crippen molar-refractivity contribution in [2.45, 2.75) is 13.0 Å². The highest BCUT2D eigenvalue weighted by Crippen LogP contribution is 2.22. The third kappa shape index (κ3) is 2.10. The number of halogens is 1. The fourth-order valence-electron chi connectivity index (χ4n) is 1.77. The lowest BCUT2D eigenvalue weighted by Gasteiger charge is -2.13. The van der Waals surface area contributed by atoms with Crippen molar-refractivity contribution in [3.05, 3.63) is 47.5 Å². The number of aromatic nitrogens is 2. The van der Waals surface area contributed by atoms with E-state index in [1.165, 1.54) is 16.8 Å². The van der Waals surface area contributed by atoms with Crippen molar-refractivity contribution in [1.29, 1.82) is 0 Å². The van der Waals surface area contributed by atoms with Crippen LogP contribution in [0.3, 0.4) is 0 Å². The first-order valence-electron chi connectivity index (χ1n) is 5.40. The Bertz CT molecular complexity index is 592. The van der Waals surface area contributed by atoms with Crippen LogP contribution in [0.15, 0.2) is 30.5 Å². The van der Waals surface area contributed by atoms with Crippen LogP contribution in [-0.2, 0) is 0 Å². The number of primary amides is 1. The number of hydrogen-bond donors (Lipinski definition) is 2. The van der Waals surface area contributed by atoms with Crippen molar-refractivity contribution < 1.29 is 9.18 Å². The summed E-state index contributed by atoms with van der Waals surface area (Å²) < 4.78 is 15.1. The third-order valence-electron chi connectivity index (χ3n) is 2.57. The van der Waals surface area contributed by atoms with Crippen LogP contribution < -0.4 is 11.5 Å². The van der Waals surface area contributed by atoms with Gasteiger partial charge in [-0.3, -0.25) is 4.79 Å². The molecule has 4 N–H and O–H groups in total. The van der Waals surface area contributed by atoms with Gasteiger partial charge in [-0.15, -0.1) is 0 Å². The van der Waals surface area contributed by atoms with Crippen LogP contribution in [0.2, 0.25) is 0 Å². The molecule has 5 nitrogen and oxygen atoms in total. The lowest BCUT2D eigenvalue weighted by atomic mass is 10.1. The van der Waals surface area contributed by atoms with E-state index in [1.807, 2.05) is 0 Å². The molecule has 0 fully saturated rings. The number of amides is 1. The fourth-order valence-corrected chi connectivity index (χ4v) is 1.77. The second kappa shape index (κ2) is 4.58. The molecule has 0 saturated carbocycles. The highest BCUT2D eigenvalue weighted by atomic mass is 19.1. The topological polar surface area (TPSA) is 86.9 Å². The van der Waals surface area contributed by atoms with Crippen LogP contribution in [0.25, 0.3) is 5.69 Å². The van der Waals surface area contributed by atoms with Crippen LogP contribution in [0.4, 0.5) is 4.39 Å². The molecule has 2 aromatic rings. The van der Waals surface area contributed by atoms with Crippen LogP contribution in [-0.4, -0.2) is 15.7 Å². The van der Waals surface area contributed by atoms with Crippen molar-refractivity contribution in [2.75, 3.05) is 0 Å². The quantitative estimate of drug-likeness (QED) is 0.853. The predicted molar refractivity (Wildman–Crippen MR) is 64.6 cm³/mol. The number of nitrogens with two attached hydrogens (primary N) is 2. The van der Waals surface area contributed by atoms with E-state index < -0.39 is 17.8 Å². The molecule has 1 aromatic heterocycles. The van der Waals surface area contributed by atoms with Crippen molar-refractivity contribution in [3.8, 4) is 5.69 Å². The summed E-state index contributed by atoms with van der Waals surface area (Å²) in [5, 5.41) is 3.98. The molecule has 1 amide bonds. The van der Waals surface area contributed by atoms with Gasteiger partial charge in [0.1, 0.15) is 11.5 Å². The second-order valence-corrected chi connectivity index (χ2v) is 3.97. The molecule has 0 aliphatic carbocycles. The number of hydrogen-bond acceptors (Lipinski definition) is 3. The van der Waals surface area contributed by atoms with Gasteiger partial charge in [0.15, 0.2) is 0 Å². The van der Waals surface area contributed by atoms with E-state index in [2.05, 4.69) is 5.10 Å². The Hall–Kier alpha value is -2.21. The Balaban J connectivity index is 2.56. The molecule has 6 heteroatoms. The first-order valence-corrected chi connectivity index (χ1v) is 5.40. The van der Waals surface area contributed by atoms with Gasteiger partial charge in [0.2, 0.25) is 0 Å². The maximum absolute atomic E-state index is 13.7. The average Bonchev–Trinajstić information content (AvgIpc) is 2.77. The molecular formula is C12H13FN4O. The van der Waals surface area contributed by atoms with E-state index in [0.29, 0.717) is 11.3 Å². The number of benzene rings is 1. The number of carbonyl (C=O) groups excluding carboxylic acids is 1. The highest BCUT2D eigenvalue weighted by Gasteiger charge is 2.15. The molecule has 0 spiro atoms. The Labute approximate surface area is 103 Å². The van der Waals surface area contributed by atoms with E-state index >= 15 is 0 Å². The van der Waals surface area contributed by atoms with Gasteiger partial charge in [0.05, 0.1) is 5.69 Å². The fraction of sp³-hybridized carbons (Fsp3) is 0.167. The molecule has 1 heterocycles. The Morgan fingerprint density at radius 3 is 2.72 bits per heavy atom. The third-order valence-corrected chi connectivity index (χ3v) is 2.57. The van der Waals surface area contributed by atoms with E-state index in [0.717, 1.165) is 0 Å². The van der Waals surface area contributed by atoms with Crippen LogP contribution in [0, 0.1) is 5.82 Å². The predicted octanol–water partition coefficient (Wildman–Crippen LogP) is 1.13. The molecule has 0 aliphatic rings. The first-order chi connectivity index (χ1) is 8.50. The van der Waals surface area contributed by atoms with Crippen LogP contribution in [0.5, 0.6) is 0 Å². The standard InChI is InChI=1S/C12H13FN4O/c1-7(14)11-8(13)3-2-4-10(11)17-6-5-9(16-17)12(15)18/h2-7H,14H2,1H3,(H2,15,18). The van der Waals surface area contributed by atoms with Gasteiger partial charge in [-0.05, 0) is 25.1 Å². The molecular weight excluding hydrogens is 235 g/mol. The van der Waals surface area contributed by atoms with Crippen molar-refractivity contribution in [1.82, 2.24) is 9.78 Å². The second-order valence-electron chi connectivity index (χ2n) is 3.97. The minimum absolute atomic E-state index is 0.120. The molecule has 2 rings (SSSR count). The minimum atomic E-state index is -0.632. The molecule has 1 aromatic carbocycles. The first kappa shape index (κ1) is 12.3. The van der Waals surface area contributed by atoms with Gasteiger partial charge in [-0.1, -0.05) is 6.07 Å². The summed E-state index contributed by atoms with van der Waals surface area (Å²) in [7, 11) is 0. The summed E-state index contributed by atoms with van der Waals surface area (Å²) in [5.41, 5.74) is 11.8. The maximum atomic E-state index is 13.7. The van der Waals surface area contributed by atoms with Crippen LogP contribution in [0.1, 0.15) is 29.0 Å². The molecule has 94 valence electrons. The molecule has 0 bridgehead atoms. The summed E-state index contributed by atoms with van der Waals surface area (Å²) >= 11 is 0. The van der Waals surface area contributed by atoms with E-state index in [-0.39, 0.29) is 5.69 Å². The van der Waals surface area contributed by atoms with Crippen molar-refractivity contribution in [3.63, 3.8) is 0 Å². The van der Waals surface area contributed by atoms with Gasteiger partial charge in [-0.2, -0.15) is 5.10 Å². The van der Waals surface area contributed by atoms with E-state index in [9.17, 15) is 9.18 Å². The lowest BCUT2D eigenvalue weighted by molar-refractivity contribution is 0.0995. The normalized spacial score (nSPS) is 12.4. The van der Waals surface area contributed by atoms with Gasteiger partial charge in [-0.25, -0.2) is 9.07 Å². The molecule has 18 heavy (non-hydrogen) atoms. The van der Waals surface area contributed by atoms with Gasteiger partial charge < -0.3 is 11.5 Å². The zero-order valence-corrected chi connectivity index (χ0v) is 9.80. The van der Waals surface area contributed by atoms with E-state index in [4.69, 9.17) is 11.5 Å². The minimum Gasteiger partial charge on any atom is -0.364 e. The largest absolute Gasteiger partial charge is 0.364 e. The number of rotatable bonds is 3. The zero-order valence-electron chi connectivity index (χ0n) is 9.80. The molecule has 0 saturated heterocycles. The molecule has 1 unspecified atom stereocenters. The van der Waals surface area contributed by atoms with Crippen molar-refractivity contribution >= 4 is 5.91 Å². The molecule has 0 aliphatic heterocycles.